The maximum atomic E-state index is 12.1. The van der Waals surface area contributed by atoms with E-state index in [-0.39, 0.29) is 11.3 Å². The number of carbonyl (C=O) groups is 1. The Morgan fingerprint density at radius 3 is 2.47 bits per heavy atom. The van der Waals surface area contributed by atoms with Crippen molar-refractivity contribution in [2.75, 3.05) is 33.7 Å². The molecule has 0 radical (unpaired) electrons. The van der Waals surface area contributed by atoms with Gasteiger partial charge in [0.25, 0.3) is 0 Å². The Labute approximate surface area is 105 Å². The molecule has 1 fully saturated rings. The predicted molar refractivity (Wildman–Crippen MR) is 70.8 cm³/mol. The average Bonchev–Trinajstić information content (AvgIpc) is 2.77. The van der Waals surface area contributed by atoms with Crippen LogP contribution in [0.1, 0.15) is 38.5 Å². The Kier molecular flexibility index (Phi) is 5.92. The van der Waals surface area contributed by atoms with Crippen molar-refractivity contribution >= 4 is 5.91 Å². The van der Waals surface area contributed by atoms with E-state index in [2.05, 4.69) is 24.3 Å². The van der Waals surface area contributed by atoms with Crippen LogP contribution in [0.5, 0.6) is 0 Å². The molecule has 3 N–H and O–H groups in total. The van der Waals surface area contributed by atoms with Gasteiger partial charge in [0.1, 0.15) is 0 Å². The Morgan fingerprint density at radius 1 is 1.29 bits per heavy atom. The molecule has 0 bridgehead atoms. The van der Waals surface area contributed by atoms with E-state index in [1.807, 2.05) is 0 Å². The number of hydrogen-bond acceptors (Lipinski definition) is 3. The van der Waals surface area contributed by atoms with Gasteiger partial charge in [-0.1, -0.05) is 12.8 Å². The van der Waals surface area contributed by atoms with Gasteiger partial charge in [-0.2, -0.15) is 0 Å². The lowest BCUT2D eigenvalue weighted by Crippen LogP contribution is -2.44. The van der Waals surface area contributed by atoms with Crippen LogP contribution in [0.2, 0.25) is 0 Å². The number of nitrogens with two attached hydrogens (primary N) is 1. The van der Waals surface area contributed by atoms with Crippen LogP contribution >= 0.6 is 0 Å². The molecule has 0 aromatic rings. The Balaban J connectivity index is 2.20. The quantitative estimate of drug-likeness (QED) is 0.653. The van der Waals surface area contributed by atoms with Crippen molar-refractivity contribution < 1.29 is 4.79 Å². The molecular weight excluding hydrogens is 214 g/mol. The van der Waals surface area contributed by atoms with Crippen molar-refractivity contribution in [2.24, 2.45) is 11.1 Å². The molecule has 17 heavy (non-hydrogen) atoms. The van der Waals surface area contributed by atoms with Crippen molar-refractivity contribution in [3.63, 3.8) is 0 Å². The lowest BCUT2D eigenvalue weighted by atomic mass is 9.85. The average molecular weight is 241 g/mol. The monoisotopic (exact) mass is 241 g/mol. The fraction of sp³-hybridized carbons (Fsp3) is 0.923. The topological polar surface area (TPSA) is 58.4 Å². The summed E-state index contributed by atoms with van der Waals surface area (Å²) in [4.78, 5) is 14.3. The molecule has 0 atom stereocenters. The van der Waals surface area contributed by atoms with Gasteiger partial charge in [0.15, 0.2) is 0 Å². The van der Waals surface area contributed by atoms with Crippen molar-refractivity contribution in [3.05, 3.63) is 0 Å². The van der Waals surface area contributed by atoms with E-state index in [1.54, 1.807) is 0 Å². The summed E-state index contributed by atoms with van der Waals surface area (Å²) < 4.78 is 0. The fourth-order valence-electron chi connectivity index (χ4n) is 2.52. The molecule has 1 amide bonds. The zero-order valence-electron chi connectivity index (χ0n) is 11.3. The Hall–Kier alpha value is -0.610. The summed E-state index contributed by atoms with van der Waals surface area (Å²) in [5.41, 5.74) is 5.52. The van der Waals surface area contributed by atoms with Crippen LogP contribution in [0.4, 0.5) is 0 Å². The molecule has 4 nitrogen and oxygen atoms in total. The number of amides is 1. The van der Waals surface area contributed by atoms with Crippen molar-refractivity contribution in [1.82, 2.24) is 10.2 Å². The number of nitrogens with zero attached hydrogens (tertiary/aromatic N) is 1. The number of unbranched alkanes of at least 4 members (excludes halogenated alkanes) is 1. The van der Waals surface area contributed by atoms with E-state index in [0.717, 1.165) is 51.6 Å². The molecule has 1 saturated carbocycles. The number of rotatable bonds is 7. The van der Waals surface area contributed by atoms with Gasteiger partial charge in [-0.05, 0) is 46.3 Å². The molecule has 0 aromatic carbocycles. The lowest BCUT2D eigenvalue weighted by molar-refractivity contribution is -0.130. The molecule has 0 aliphatic heterocycles. The van der Waals surface area contributed by atoms with E-state index < -0.39 is 0 Å². The molecule has 4 heteroatoms. The molecule has 0 heterocycles. The van der Waals surface area contributed by atoms with Gasteiger partial charge in [-0.25, -0.2) is 0 Å². The first-order valence-corrected chi connectivity index (χ1v) is 6.74. The van der Waals surface area contributed by atoms with Crippen LogP contribution in [-0.2, 0) is 4.79 Å². The highest BCUT2D eigenvalue weighted by Crippen LogP contribution is 2.37. The molecule has 0 aromatic heterocycles. The largest absolute Gasteiger partial charge is 0.356 e. The van der Waals surface area contributed by atoms with E-state index >= 15 is 0 Å². The first kappa shape index (κ1) is 14.5. The molecule has 1 aliphatic carbocycles. The maximum absolute atomic E-state index is 12.1. The minimum atomic E-state index is -0.248. The summed E-state index contributed by atoms with van der Waals surface area (Å²) in [7, 11) is 4.14. The van der Waals surface area contributed by atoms with E-state index in [9.17, 15) is 4.79 Å². The second-order valence-electron chi connectivity index (χ2n) is 5.46. The van der Waals surface area contributed by atoms with Crippen LogP contribution in [0, 0.1) is 5.41 Å². The normalized spacial score (nSPS) is 18.6. The van der Waals surface area contributed by atoms with E-state index in [1.165, 1.54) is 0 Å². The number of nitrogens with one attached hydrogen (secondary N) is 1. The molecule has 0 saturated heterocycles. The van der Waals surface area contributed by atoms with Gasteiger partial charge in [-0.15, -0.1) is 0 Å². The van der Waals surface area contributed by atoms with Gasteiger partial charge in [0.05, 0.1) is 5.41 Å². The third-order valence-corrected chi connectivity index (χ3v) is 3.75. The summed E-state index contributed by atoms with van der Waals surface area (Å²) in [6, 6.07) is 0. The molecule has 100 valence electrons. The van der Waals surface area contributed by atoms with Crippen LogP contribution in [0.3, 0.4) is 0 Å². The summed E-state index contributed by atoms with van der Waals surface area (Å²) in [6.07, 6.45) is 6.39. The van der Waals surface area contributed by atoms with Gasteiger partial charge in [-0.3, -0.25) is 4.79 Å². The SMILES string of the molecule is CN(C)CCCCNC(=O)C1(CN)CCCC1. The molecule has 0 unspecified atom stereocenters. The Morgan fingerprint density at radius 2 is 1.94 bits per heavy atom. The third-order valence-electron chi connectivity index (χ3n) is 3.75. The second kappa shape index (κ2) is 6.97. The summed E-state index contributed by atoms with van der Waals surface area (Å²) in [6.45, 7) is 2.36. The lowest BCUT2D eigenvalue weighted by Gasteiger charge is -2.25. The highest BCUT2D eigenvalue weighted by Gasteiger charge is 2.39. The van der Waals surface area contributed by atoms with Gasteiger partial charge >= 0.3 is 0 Å². The fourth-order valence-corrected chi connectivity index (χ4v) is 2.52. The van der Waals surface area contributed by atoms with Crippen molar-refractivity contribution in [3.8, 4) is 0 Å². The predicted octanol–water partition coefficient (Wildman–Crippen LogP) is 0.964. The molecular formula is C13H27N3O. The van der Waals surface area contributed by atoms with Gasteiger partial charge in [0, 0.05) is 13.1 Å². The zero-order valence-corrected chi connectivity index (χ0v) is 11.3. The highest BCUT2D eigenvalue weighted by atomic mass is 16.2. The molecule has 0 spiro atoms. The second-order valence-corrected chi connectivity index (χ2v) is 5.46. The van der Waals surface area contributed by atoms with E-state index in [4.69, 9.17) is 5.73 Å². The standard InChI is InChI=1S/C13H27N3O/c1-16(2)10-6-5-9-15-12(17)13(11-14)7-3-4-8-13/h3-11,14H2,1-2H3,(H,15,17). The number of carbonyl (C=O) groups excluding carboxylic acids is 1. The third kappa shape index (κ3) is 4.28. The summed E-state index contributed by atoms with van der Waals surface area (Å²) in [5.74, 6) is 0.183. The van der Waals surface area contributed by atoms with Crippen LogP contribution in [0.15, 0.2) is 0 Å². The van der Waals surface area contributed by atoms with Crippen LogP contribution < -0.4 is 11.1 Å². The summed E-state index contributed by atoms with van der Waals surface area (Å²) in [5, 5.41) is 3.05. The molecule has 1 rings (SSSR count). The van der Waals surface area contributed by atoms with Crippen LogP contribution in [0.25, 0.3) is 0 Å². The Bertz CT molecular complexity index is 235. The van der Waals surface area contributed by atoms with Gasteiger partial charge in [0.2, 0.25) is 5.91 Å². The van der Waals surface area contributed by atoms with Crippen molar-refractivity contribution in [1.29, 1.82) is 0 Å². The van der Waals surface area contributed by atoms with Crippen LogP contribution in [-0.4, -0.2) is 44.5 Å². The zero-order chi connectivity index (χ0) is 12.7. The minimum absolute atomic E-state index is 0.183. The van der Waals surface area contributed by atoms with Gasteiger partial charge < -0.3 is 16.0 Å². The number of hydrogen-bond donors (Lipinski definition) is 2. The highest BCUT2D eigenvalue weighted by molar-refractivity contribution is 5.83. The first-order chi connectivity index (χ1) is 8.10. The molecule has 1 aliphatic rings. The van der Waals surface area contributed by atoms with E-state index in [0.29, 0.717) is 6.54 Å². The maximum Gasteiger partial charge on any atom is 0.227 e. The minimum Gasteiger partial charge on any atom is -0.356 e. The smallest absolute Gasteiger partial charge is 0.227 e. The van der Waals surface area contributed by atoms with Crippen molar-refractivity contribution in [2.45, 2.75) is 38.5 Å². The first-order valence-electron chi connectivity index (χ1n) is 6.74. The summed E-state index contributed by atoms with van der Waals surface area (Å²) >= 11 is 0.